The van der Waals surface area contributed by atoms with Crippen molar-refractivity contribution in [2.45, 2.75) is 33.4 Å². The number of aryl methyl sites for hydroxylation is 1. The highest BCUT2D eigenvalue weighted by molar-refractivity contribution is 7.18. The number of hydrogen-bond acceptors (Lipinski definition) is 5. The summed E-state index contributed by atoms with van der Waals surface area (Å²) < 4.78 is 1.61. The molecule has 3 rings (SSSR count). The van der Waals surface area contributed by atoms with Gasteiger partial charge in [-0.2, -0.15) is 4.52 Å². The van der Waals surface area contributed by atoms with Gasteiger partial charge in [0.05, 0.1) is 0 Å². The average molecular weight is 315 g/mol. The SMILES string of the molecule is Cc1nnc2sc(C(=O)N(Cc3ccccc3)C(C)C)nn12. The Morgan fingerprint density at radius 1 is 1.27 bits per heavy atom. The van der Waals surface area contributed by atoms with Gasteiger partial charge in [-0.05, 0) is 26.3 Å². The lowest BCUT2D eigenvalue weighted by molar-refractivity contribution is 0.0688. The highest BCUT2D eigenvalue weighted by atomic mass is 32.1. The van der Waals surface area contributed by atoms with E-state index in [1.807, 2.05) is 56.0 Å². The standard InChI is InChI=1S/C15H17N5OS/c1-10(2)19(9-12-7-5-4-6-8-12)14(21)13-18-20-11(3)16-17-15(20)22-13/h4-8,10H,9H2,1-3H3. The maximum atomic E-state index is 12.8. The molecule has 114 valence electrons. The summed E-state index contributed by atoms with van der Waals surface area (Å²) in [6.07, 6.45) is 0. The van der Waals surface area contributed by atoms with Gasteiger partial charge in [-0.25, -0.2) is 0 Å². The highest BCUT2D eigenvalue weighted by Crippen LogP contribution is 2.18. The van der Waals surface area contributed by atoms with Crippen molar-refractivity contribution in [2.75, 3.05) is 0 Å². The Kier molecular flexibility index (Phi) is 3.89. The molecule has 0 fully saturated rings. The number of rotatable bonds is 4. The quantitative estimate of drug-likeness (QED) is 0.742. The van der Waals surface area contributed by atoms with Gasteiger partial charge < -0.3 is 4.90 Å². The highest BCUT2D eigenvalue weighted by Gasteiger charge is 2.23. The summed E-state index contributed by atoms with van der Waals surface area (Å²) in [6.45, 7) is 6.40. The van der Waals surface area contributed by atoms with Crippen LogP contribution >= 0.6 is 11.3 Å². The molecule has 0 aliphatic heterocycles. The third kappa shape index (κ3) is 2.71. The van der Waals surface area contributed by atoms with Gasteiger partial charge in [0.15, 0.2) is 5.82 Å². The van der Waals surface area contributed by atoms with Crippen LogP contribution in [0.5, 0.6) is 0 Å². The molecule has 22 heavy (non-hydrogen) atoms. The second-order valence-corrected chi connectivity index (χ2v) is 6.32. The third-order valence-corrected chi connectivity index (χ3v) is 4.30. The predicted octanol–water partition coefficient (Wildman–Crippen LogP) is 2.55. The van der Waals surface area contributed by atoms with E-state index in [4.69, 9.17) is 0 Å². The van der Waals surface area contributed by atoms with Gasteiger partial charge in [0, 0.05) is 12.6 Å². The lowest BCUT2D eigenvalue weighted by atomic mass is 10.2. The number of carbonyl (C=O) groups is 1. The van der Waals surface area contributed by atoms with E-state index in [-0.39, 0.29) is 11.9 Å². The zero-order valence-corrected chi connectivity index (χ0v) is 13.5. The maximum Gasteiger partial charge on any atom is 0.285 e. The first-order valence-electron chi connectivity index (χ1n) is 7.10. The average Bonchev–Trinajstić information content (AvgIpc) is 3.07. The van der Waals surface area contributed by atoms with Crippen molar-refractivity contribution < 1.29 is 4.79 Å². The Morgan fingerprint density at radius 3 is 2.64 bits per heavy atom. The molecule has 0 atom stereocenters. The zero-order valence-electron chi connectivity index (χ0n) is 12.7. The van der Waals surface area contributed by atoms with E-state index in [1.165, 1.54) is 11.3 Å². The summed E-state index contributed by atoms with van der Waals surface area (Å²) in [7, 11) is 0. The molecule has 0 N–H and O–H groups in total. The monoisotopic (exact) mass is 315 g/mol. The van der Waals surface area contributed by atoms with Gasteiger partial charge in [0.25, 0.3) is 5.91 Å². The molecule has 1 aromatic carbocycles. The van der Waals surface area contributed by atoms with Crippen LogP contribution in [0.25, 0.3) is 4.96 Å². The van der Waals surface area contributed by atoms with Crippen LogP contribution in [0.2, 0.25) is 0 Å². The molecular formula is C15H17N5OS. The summed E-state index contributed by atoms with van der Waals surface area (Å²) >= 11 is 1.27. The van der Waals surface area contributed by atoms with E-state index >= 15 is 0 Å². The Hall–Kier alpha value is -2.28. The second-order valence-electron chi connectivity index (χ2n) is 5.36. The van der Waals surface area contributed by atoms with Gasteiger partial charge >= 0.3 is 0 Å². The lowest BCUT2D eigenvalue weighted by Gasteiger charge is -2.25. The topological polar surface area (TPSA) is 63.4 Å². The van der Waals surface area contributed by atoms with Crippen LogP contribution < -0.4 is 0 Å². The van der Waals surface area contributed by atoms with E-state index in [0.717, 1.165) is 5.56 Å². The summed E-state index contributed by atoms with van der Waals surface area (Å²) in [5.41, 5.74) is 1.10. The van der Waals surface area contributed by atoms with E-state index in [0.29, 0.717) is 22.3 Å². The molecule has 0 saturated carbocycles. The number of hydrogen-bond donors (Lipinski definition) is 0. The first kappa shape index (κ1) is 14.6. The molecule has 0 unspecified atom stereocenters. The first-order chi connectivity index (χ1) is 10.6. The molecule has 0 aliphatic rings. The number of nitrogens with zero attached hydrogens (tertiary/aromatic N) is 5. The van der Waals surface area contributed by atoms with Crippen LogP contribution in [0, 0.1) is 6.92 Å². The van der Waals surface area contributed by atoms with Gasteiger partial charge in [-0.1, -0.05) is 41.7 Å². The largest absolute Gasteiger partial charge is 0.330 e. The first-order valence-corrected chi connectivity index (χ1v) is 7.91. The molecule has 0 aliphatic carbocycles. The van der Waals surface area contributed by atoms with Crippen LogP contribution in [0.15, 0.2) is 30.3 Å². The fraction of sp³-hybridized carbons (Fsp3) is 0.333. The van der Waals surface area contributed by atoms with Crippen molar-refractivity contribution in [2.24, 2.45) is 0 Å². The predicted molar refractivity (Wildman–Crippen MR) is 84.8 cm³/mol. The van der Waals surface area contributed by atoms with Crippen LogP contribution in [0.3, 0.4) is 0 Å². The molecule has 2 aromatic heterocycles. The van der Waals surface area contributed by atoms with Gasteiger partial charge in [-0.3, -0.25) is 4.79 Å². The fourth-order valence-corrected chi connectivity index (χ4v) is 3.03. The Morgan fingerprint density at radius 2 is 2.00 bits per heavy atom. The van der Waals surface area contributed by atoms with Crippen molar-refractivity contribution in [1.82, 2.24) is 24.7 Å². The van der Waals surface area contributed by atoms with E-state index in [9.17, 15) is 4.79 Å². The van der Waals surface area contributed by atoms with Gasteiger partial charge in [0.1, 0.15) is 0 Å². The van der Waals surface area contributed by atoms with Crippen LogP contribution in [0.4, 0.5) is 0 Å². The molecule has 0 saturated heterocycles. The number of aromatic nitrogens is 4. The number of fused-ring (bicyclic) bond motifs is 1. The molecule has 0 bridgehead atoms. The molecule has 0 spiro atoms. The lowest BCUT2D eigenvalue weighted by Crippen LogP contribution is -2.36. The second kappa shape index (κ2) is 5.84. The Labute approximate surface area is 132 Å². The van der Waals surface area contributed by atoms with Gasteiger partial charge in [-0.15, -0.1) is 15.3 Å². The van der Waals surface area contributed by atoms with Crippen LogP contribution in [-0.2, 0) is 6.54 Å². The van der Waals surface area contributed by atoms with Crippen molar-refractivity contribution in [3.8, 4) is 0 Å². The minimum Gasteiger partial charge on any atom is -0.330 e. The maximum absolute atomic E-state index is 12.8. The van der Waals surface area contributed by atoms with E-state index in [1.54, 1.807) is 4.52 Å². The molecule has 3 aromatic rings. The van der Waals surface area contributed by atoms with Crippen molar-refractivity contribution in [3.05, 3.63) is 46.7 Å². The normalized spacial score (nSPS) is 11.3. The summed E-state index contributed by atoms with van der Waals surface area (Å²) in [5, 5.41) is 12.7. The summed E-state index contributed by atoms with van der Waals surface area (Å²) in [6, 6.07) is 10.0. The Bertz CT molecular complexity index is 793. The summed E-state index contributed by atoms with van der Waals surface area (Å²) in [4.78, 5) is 15.2. The molecular weight excluding hydrogens is 298 g/mol. The minimum atomic E-state index is -0.0752. The molecule has 1 amide bonds. The fourth-order valence-electron chi connectivity index (χ4n) is 2.19. The summed E-state index contributed by atoms with van der Waals surface area (Å²) in [5.74, 6) is 0.609. The van der Waals surface area contributed by atoms with Crippen molar-refractivity contribution >= 4 is 22.2 Å². The van der Waals surface area contributed by atoms with Crippen molar-refractivity contribution in [3.63, 3.8) is 0 Å². The number of amides is 1. The van der Waals surface area contributed by atoms with Crippen LogP contribution in [0.1, 0.15) is 35.0 Å². The number of benzene rings is 1. The molecule has 2 heterocycles. The van der Waals surface area contributed by atoms with Crippen molar-refractivity contribution in [1.29, 1.82) is 0 Å². The minimum absolute atomic E-state index is 0.0752. The third-order valence-electron chi connectivity index (χ3n) is 3.41. The Balaban J connectivity index is 1.88. The van der Waals surface area contributed by atoms with Crippen LogP contribution in [-0.4, -0.2) is 36.7 Å². The smallest absolute Gasteiger partial charge is 0.285 e. The van der Waals surface area contributed by atoms with E-state index in [2.05, 4.69) is 15.3 Å². The zero-order chi connectivity index (χ0) is 15.7. The molecule has 7 heteroatoms. The molecule has 0 radical (unpaired) electrons. The molecule has 6 nitrogen and oxygen atoms in total. The number of carbonyl (C=O) groups excluding carboxylic acids is 1. The van der Waals surface area contributed by atoms with E-state index < -0.39 is 0 Å². The van der Waals surface area contributed by atoms with Gasteiger partial charge in [0.2, 0.25) is 9.97 Å².